The molecule has 4 heteroatoms. The van der Waals surface area contributed by atoms with E-state index in [1.165, 1.54) is 69.8 Å². The summed E-state index contributed by atoms with van der Waals surface area (Å²) in [6.45, 7) is 24.7. The average molecular weight is 645 g/mol. The van der Waals surface area contributed by atoms with Gasteiger partial charge in [-0.3, -0.25) is 0 Å². The van der Waals surface area contributed by atoms with Crippen LogP contribution in [0.1, 0.15) is 138 Å². The lowest BCUT2D eigenvalue weighted by Crippen LogP contribution is -2.51. The van der Waals surface area contributed by atoms with Crippen LogP contribution in [-0.2, 0) is 0 Å². The Hall–Kier alpha value is -2.20. The van der Waals surface area contributed by atoms with Crippen molar-refractivity contribution in [2.24, 2.45) is 69.1 Å². The third-order valence-corrected chi connectivity index (χ3v) is 14.1. The Labute approximate surface area is 289 Å². The molecule has 8 N–H and O–H groups in total. The highest BCUT2D eigenvalue weighted by Crippen LogP contribution is 2.80. The van der Waals surface area contributed by atoms with E-state index in [9.17, 15) is 0 Å². The Bertz CT molecular complexity index is 1290. The van der Waals surface area contributed by atoms with Crippen molar-refractivity contribution in [2.75, 3.05) is 11.5 Å². The fourth-order valence-electron chi connectivity index (χ4n) is 12.0. The maximum Gasteiger partial charge on any atom is 0.0370 e. The van der Waals surface area contributed by atoms with Crippen LogP contribution in [0.25, 0.3) is 0 Å². The van der Waals surface area contributed by atoms with Gasteiger partial charge in [0.1, 0.15) is 0 Å². The summed E-state index contributed by atoms with van der Waals surface area (Å²) in [5.74, 6) is 6.73. The third kappa shape index (κ3) is 6.97. The maximum absolute atomic E-state index is 6.54. The van der Waals surface area contributed by atoms with Gasteiger partial charge in [0.15, 0.2) is 0 Å². The topological polar surface area (TPSA) is 104 Å². The Morgan fingerprint density at radius 2 is 1.62 bits per heavy atom. The molecule has 264 valence electrons. The molecule has 1 aromatic carbocycles. The van der Waals surface area contributed by atoms with Crippen molar-refractivity contribution in [1.29, 1.82) is 0 Å². The minimum absolute atomic E-state index is 0.0213. The van der Waals surface area contributed by atoms with Gasteiger partial charge >= 0.3 is 0 Å². The van der Waals surface area contributed by atoms with Crippen LogP contribution >= 0.6 is 0 Å². The quantitative estimate of drug-likeness (QED) is 0.128. The zero-order chi connectivity index (χ0) is 34.9. The molecule has 4 saturated carbocycles. The van der Waals surface area contributed by atoms with Gasteiger partial charge in [-0.05, 0) is 145 Å². The number of rotatable bonds is 8. The summed E-state index contributed by atoms with van der Waals surface area (Å²) in [6.07, 6.45) is 20.3. The monoisotopic (exact) mass is 645 g/mol. The van der Waals surface area contributed by atoms with Gasteiger partial charge in [-0.1, -0.05) is 98.9 Å². The summed E-state index contributed by atoms with van der Waals surface area (Å²) in [4.78, 5) is 0. The largest absolute Gasteiger partial charge is 0.399 e. The molecule has 0 aromatic heterocycles. The summed E-state index contributed by atoms with van der Waals surface area (Å²) in [7, 11) is 0. The number of anilines is 2. The first kappa shape index (κ1) is 37.6. The second-order valence-corrected chi connectivity index (χ2v) is 17.2. The number of allylic oxidation sites excluding steroid dienone is 3. The van der Waals surface area contributed by atoms with Gasteiger partial charge in [-0.15, -0.1) is 0 Å². The molecule has 6 rings (SSSR count). The van der Waals surface area contributed by atoms with E-state index < -0.39 is 0 Å². The van der Waals surface area contributed by atoms with Crippen molar-refractivity contribution in [3.63, 3.8) is 0 Å². The molecule has 5 aliphatic carbocycles. The van der Waals surface area contributed by atoms with E-state index in [0.717, 1.165) is 52.8 Å². The predicted molar refractivity (Wildman–Crippen MR) is 205 cm³/mol. The number of nitrogens with two attached hydrogens (primary N) is 4. The SMILES string of the molecule is C=C/C(N)=C\C(C)N.CC.CC(C)CCCC(C)C1CCC2C3CC=C4C(C)(CCC5C(c6ccc(N)cc6N)C45C)C3CCC12C. The Morgan fingerprint density at radius 3 is 2.21 bits per heavy atom. The highest BCUT2D eigenvalue weighted by atomic mass is 14.8. The van der Waals surface area contributed by atoms with Crippen LogP contribution < -0.4 is 22.9 Å². The average Bonchev–Trinajstić information content (AvgIpc) is 3.45. The van der Waals surface area contributed by atoms with E-state index in [4.69, 9.17) is 22.9 Å². The molecule has 0 radical (unpaired) electrons. The minimum Gasteiger partial charge on any atom is -0.399 e. The number of fused-ring (bicyclic) bond motifs is 7. The van der Waals surface area contributed by atoms with Crippen molar-refractivity contribution in [3.8, 4) is 0 Å². The predicted octanol–water partition coefficient (Wildman–Crippen LogP) is 10.6. The van der Waals surface area contributed by atoms with Crippen molar-refractivity contribution >= 4 is 11.4 Å². The highest BCUT2D eigenvalue weighted by Gasteiger charge is 2.71. The van der Waals surface area contributed by atoms with Gasteiger partial charge in [0, 0.05) is 23.1 Å². The van der Waals surface area contributed by atoms with E-state index in [2.05, 4.69) is 66.3 Å². The van der Waals surface area contributed by atoms with Crippen LogP contribution in [-0.4, -0.2) is 6.04 Å². The molecule has 4 nitrogen and oxygen atoms in total. The molecule has 11 atom stereocenters. The van der Waals surface area contributed by atoms with E-state index in [1.54, 1.807) is 12.2 Å². The summed E-state index contributed by atoms with van der Waals surface area (Å²) in [5.41, 5.74) is 30.1. The smallest absolute Gasteiger partial charge is 0.0370 e. The maximum atomic E-state index is 6.54. The first-order chi connectivity index (χ1) is 22.2. The molecular weight excluding hydrogens is 573 g/mol. The molecule has 0 spiro atoms. The fourth-order valence-corrected chi connectivity index (χ4v) is 12.0. The number of nitrogen functional groups attached to an aromatic ring is 2. The van der Waals surface area contributed by atoms with Crippen LogP contribution in [0.2, 0.25) is 0 Å². The molecule has 0 aliphatic heterocycles. The molecular formula is C43H72N4. The molecule has 0 heterocycles. The summed E-state index contributed by atoms with van der Waals surface area (Å²) in [6, 6.07) is 6.30. The second kappa shape index (κ2) is 14.7. The van der Waals surface area contributed by atoms with Crippen LogP contribution in [0.15, 0.2) is 54.3 Å². The van der Waals surface area contributed by atoms with E-state index in [-0.39, 0.29) is 6.04 Å². The van der Waals surface area contributed by atoms with E-state index in [1.807, 2.05) is 32.4 Å². The van der Waals surface area contributed by atoms with E-state index >= 15 is 0 Å². The minimum atomic E-state index is 0.0213. The lowest BCUT2D eigenvalue weighted by molar-refractivity contribution is -0.0536. The number of hydrogen-bond acceptors (Lipinski definition) is 4. The van der Waals surface area contributed by atoms with Gasteiger partial charge in [0.25, 0.3) is 0 Å². The Kier molecular flexibility index (Phi) is 11.8. The summed E-state index contributed by atoms with van der Waals surface area (Å²) >= 11 is 0. The van der Waals surface area contributed by atoms with Gasteiger partial charge in [-0.2, -0.15) is 0 Å². The lowest BCUT2D eigenvalue weighted by atomic mass is 9.46. The molecule has 11 unspecified atom stereocenters. The normalized spacial score (nSPS) is 38.1. The molecule has 0 saturated heterocycles. The standard InChI is InChI=1S/C35H54N2.C6H12N2.C2H6/c1-21(2)8-7-9-22(3)26-13-14-27-24-12-15-31-34(5,28(24)16-18-33(26,27)4)19-17-29-32(35(29,31)6)25-11-10-23(36)20-30(25)37;1-3-6(8)4-5(2)7;1-2/h10-11,15,20-22,24,26-29,32H,7-9,12-14,16-19,36-37H2,1-6H3;3-5H,1,7-8H2,2H3;1-2H3/b;6-4+;. The number of benzene rings is 1. The second-order valence-electron chi connectivity index (χ2n) is 17.2. The van der Waals surface area contributed by atoms with E-state index in [0.29, 0.717) is 27.9 Å². The molecule has 47 heavy (non-hydrogen) atoms. The molecule has 1 aromatic rings. The summed E-state index contributed by atoms with van der Waals surface area (Å²) < 4.78 is 0. The third-order valence-electron chi connectivity index (χ3n) is 14.1. The molecule has 4 fully saturated rings. The van der Waals surface area contributed by atoms with Crippen LogP contribution in [0, 0.1) is 57.7 Å². The fraction of sp³-hybridized carbons (Fsp3) is 0.721. The van der Waals surface area contributed by atoms with Crippen LogP contribution in [0.3, 0.4) is 0 Å². The zero-order valence-corrected chi connectivity index (χ0v) is 31.7. The first-order valence-electron chi connectivity index (χ1n) is 19.4. The zero-order valence-electron chi connectivity index (χ0n) is 31.7. The molecule has 0 amide bonds. The van der Waals surface area contributed by atoms with Gasteiger partial charge in [-0.25, -0.2) is 0 Å². The van der Waals surface area contributed by atoms with Gasteiger partial charge < -0.3 is 22.9 Å². The highest BCUT2D eigenvalue weighted by molar-refractivity contribution is 5.62. The molecule has 5 aliphatic rings. The van der Waals surface area contributed by atoms with Crippen molar-refractivity contribution in [2.45, 2.75) is 138 Å². The van der Waals surface area contributed by atoms with Crippen LogP contribution in [0.4, 0.5) is 11.4 Å². The molecule has 0 bridgehead atoms. The van der Waals surface area contributed by atoms with Crippen LogP contribution in [0.5, 0.6) is 0 Å². The van der Waals surface area contributed by atoms with Crippen molar-refractivity contribution in [3.05, 3.63) is 59.8 Å². The Balaban J connectivity index is 0.000000440. The van der Waals surface area contributed by atoms with Crippen molar-refractivity contribution < 1.29 is 0 Å². The summed E-state index contributed by atoms with van der Waals surface area (Å²) in [5, 5.41) is 0. The lowest BCUT2D eigenvalue weighted by Gasteiger charge is -2.59. The van der Waals surface area contributed by atoms with Crippen molar-refractivity contribution in [1.82, 2.24) is 0 Å². The first-order valence-corrected chi connectivity index (χ1v) is 19.4. The Morgan fingerprint density at radius 1 is 0.936 bits per heavy atom. The van der Waals surface area contributed by atoms with Gasteiger partial charge in [0.2, 0.25) is 0 Å². The number of hydrogen-bond donors (Lipinski definition) is 4. The van der Waals surface area contributed by atoms with Gasteiger partial charge in [0.05, 0.1) is 0 Å².